The molecule has 5 nitrogen and oxygen atoms in total. The standard InChI is InChI=1S/C28H17NO4S2/c30-25-18-9-4-5-10-19(18)26(31)24-20(11-6-12-21(24)25)22-14-13-17(33-22)15-23-27(32)29(28(34)35-23)16-7-2-1-3-8-16/h1-12,14-15,17H,13H2/b23-15-. The Labute approximate surface area is 211 Å². The Morgan fingerprint density at radius 1 is 0.829 bits per heavy atom. The number of amides is 1. The molecule has 0 aromatic heterocycles. The van der Waals surface area contributed by atoms with Crippen LogP contribution in [0.5, 0.6) is 0 Å². The third-order valence-corrected chi connectivity index (χ3v) is 7.50. The summed E-state index contributed by atoms with van der Waals surface area (Å²) in [5, 5.41) is 0. The largest absolute Gasteiger partial charge is 0.486 e. The fourth-order valence-electron chi connectivity index (χ4n) is 4.56. The molecule has 0 radical (unpaired) electrons. The van der Waals surface area contributed by atoms with Crippen LogP contribution in [0.4, 0.5) is 5.69 Å². The lowest BCUT2D eigenvalue weighted by Gasteiger charge is -2.21. The number of thiocarbonyl (C=S) groups is 1. The van der Waals surface area contributed by atoms with Gasteiger partial charge in [-0.2, -0.15) is 0 Å². The first-order valence-corrected chi connectivity index (χ1v) is 12.3. The fraction of sp³-hybridized carbons (Fsp3) is 0.0714. The smallest absolute Gasteiger partial charge is 0.270 e. The summed E-state index contributed by atoms with van der Waals surface area (Å²) >= 11 is 6.69. The van der Waals surface area contributed by atoms with Gasteiger partial charge in [-0.05, 0) is 24.3 Å². The predicted molar refractivity (Wildman–Crippen MR) is 139 cm³/mol. The SMILES string of the molecule is O=C1c2ccccc2C(=O)c2c1cccc2C1=CCC(/C=C2\SC(=S)N(c3ccccc3)C2=O)O1. The minimum absolute atomic E-state index is 0.170. The highest BCUT2D eigenvalue weighted by atomic mass is 32.2. The highest BCUT2D eigenvalue weighted by molar-refractivity contribution is 8.27. The van der Waals surface area contributed by atoms with E-state index in [1.54, 1.807) is 48.5 Å². The molecule has 1 amide bonds. The van der Waals surface area contributed by atoms with Gasteiger partial charge in [-0.15, -0.1) is 0 Å². The van der Waals surface area contributed by atoms with Gasteiger partial charge < -0.3 is 4.74 Å². The fourth-order valence-corrected chi connectivity index (χ4v) is 5.88. The van der Waals surface area contributed by atoms with E-state index in [4.69, 9.17) is 17.0 Å². The summed E-state index contributed by atoms with van der Waals surface area (Å²) in [6, 6.07) is 21.4. The summed E-state index contributed by atoms with van der Waals surface area (Å²) in [5.74, 6) is -0.0147. The minimum Gasteiger partial charge on any atom is -0.486 e. The summed E-state index contributed by atoms with van der Waals surface area (Å²) in [6.45, 7) is 0. The lowest BCUT2D eigenvalue weighted by Crippen LogP contribution is -2.27. The van der Waals surface area contributed by atoms with Crippen LogP contribution in [0.1, 0.15) is 43.8 Å². The Morgan fingerprint density at radius 3 is 2.26 bits per heavy atom. The van der Waals surface area contributed by atoms with Gasteiger partial charge in [-0.3, -0.25) is 19.3 Å². The molecular weight excluding hydrogens is 478 g/mol. The molecule has 0 saturated carbocycles. The third kappa shape index (κ3) is 3.55. The summed E-state index contributed by atoms with van der Waals surface area (Å²) in [5.41, 5.74) is 2.87. The van der Waals surface area contributed by atoms with Crippen molar-refractivity contribution in [1.29, 1.82) is 0 Å². The number of anilines is 1. The number of ether oxygens (including phenoxy) is 1. The van der Waals surface area contributed by atoms with Gasteiger partial charge in [-0.1, -0.05) is 84.6 Å². The van der Waals surface area contributed by atoms with Gasteiger partial charge >= 0.3 is 0 Å². The number of nitrogens with zero attached hydrogens (tertiary/aromatic N) is 1. The number of hydrogen-bond donors (Lipinski definition) is 0. The molecule has 1 unspecified atom stereocenters. The number of hydrogen-bond acceptors (Lipinski definition) is 6. The number of carbonyl (C=O) groups is 3. The quantitative estimate of drug-likeness (QED) is 0.275. The summed E-state index contributed by atoms with van der Waals surface area (Å²) < 4.78 is 6.64. The second kappa shape index (κ2) is 8.45. The Bertz CT molecular complexity index is 1510. The molecule has 1 aliphatic carbocycles. The Balaban J connectivity index is 1.27. The van der Waals surface area contributed by atoms with E-state index in [-0.39, 0.29) is 23.6 Å². The van der Waals surface area contributed by atoms with E-state index >= 15 is 0 Å². The molecule has 35 heavy (non-hydrogen) atoms. The lowest BCUT2D eigenvalue weighted by atomic mass is 9.81. The van der Waals surface area contributed by atoms with E-state index in [0.717, 1.165) is 5.69 Å². The highest BCUT2D eigenvalue weighted by Crippen LogP contribution is 2.39. The van der Waals surface area contributed by atoms with E-state index in [1.165, 1.54) is 16.7 Å². The zero-order chi connectivity index (χ0) is 24.1. The van der Waals surface area contributed by atoms with Crippen molar-refractivity contribution in [2.24, 2.45) is 0 Å². The van der Waals surface area contributed by atoms with Crippen molar-refractivity contribution in [3.05, 3.63) is 118 Å². The van der Waals surface area contributed by atoms with Gasteiger partial charge in [0.1, 0.15) is 11.9 Å². The van der Waals surface area contributed by atoms with Crippen LogP contribution in [0.2, 0.25) is 0 Å². The van der Waals surface area contributed by atoms with Gasteiger partial charge in [0, 0.05) is 34.2 Å². The molecule has 3 aromatic carbocycles. The van der Waals surface area contributed by atoms with Gasteiger partial charge in [-0.25, -0.2) is 0 Å². The summed E-state index contributed by atoms with van der Waals surface area (Å²) in [6.07, 6.45) is 3.83. The monoisotopic (exact) mass is 495 g/mol. The van der Waals surface area contributed by atoms with Crippen LogP contribution in [0.25, 0.3) is 5.76 Å². The number of fused-ring (bicyclic) bond motifs is 2. The van der Waals surface area contributed by atoms with Crippen molar-refractivity contribution in [3.8, 4) is 0 Å². The Morgan fingerprint density at radius 2 is 1.49 bits per heavy atom. The first-order valence-electron chi connectivity index (χ1n) is 11.0. The van der Waals surface area contributed by atoms with E-state index in [1.807, 2.05) is 36.4 Å². The normalized spacial score (nSPS) is 20.1. The second-order valence-electron chi connectivity index (χ2n) is 8.27. The number of para-hydroxylation sites is 1. The zero-order valence-corrected chi connectivity index (χ0v) is 19.9. The first-order chi connectivity index (χ1) is 17.0. The molecule has 2 aliphatic heterocycles. The predicted octanol–water partition coefficient (Wildman–Crippen LogP) is 5.54. The van der Waals surface area contributed by atoms with Crippen LogP contribution in [0.15, 0.2) is 89.9 Å². The maximum Gasteiger partial charge on any atom is 0.270 e. The van der Waals surface area contributed by atoms with Crippen LogP contribution in [-0.2, 0) is 9.53 Å². The molecule has 0 N–H and O–H groups in total. The summed E-state index contributed by atoms with van der Waals surface area (Å²) in [7, 11) is 0. The van der Waals surface area contributed by atoms with E-state index in [2.05, 4.69) is 0 Å². The number of thioether (sulfide) groups is 1. The average Bonchev–Trinajstić information content (AvgIpc) is 3.46. The van der Waals surface area contributed by atoms with E-state index < -0.39 is 0 Å². The van der Waals surface area contributed by atoms with Gasteiger partial charge in [0.25, 0.3) is 5.91 Å². The molecule has 3 aliphatic rings. The topological polar surface area (TPSA) is 63.7 Å². The first kappa shape index (κ1) is 21.7. The molecule has 1 saturated heterocycles. The highest BCUT2D eigenvalue weighted by Gasteiger charge is 2.36. The average molecular weight is 496 g/mol. The van der Waals surface area contributed by atoms with Crippen molar-refractivity contribution in [2.75, 3.05) is 4.90 Å². The van der Waals surface area contributed by atoms with Crippen LogP contribution >= 0.6 is 24.0 Å². The molecular formula is C28H17NO4S2. The minimum atomic E-state index is -0.382. The van der Waals surface area contributed by atoms with Gasteiger partial charge in [0.05, 0.1) is 10.6 Å². The Hall–Kier alpha value is -3.81. The Kier molecular flexibility index (Phi) is 5.24. The van der Waals surface area contributed by atoms with Crippen LogP contribution in [0.3, 0.4) is 0 Å². The summed E-state index contributed by atoms with van der Waals surface area (Å²) in [4.78, 5) is 41.4. The number of rotatable bonds is 3. The molecule has 0 bridgehead atoms. The number of ketones is 2. The number of carbonyl (C=O) groups excluding carboxylic acids is 3. The van der Waals surface area contributed by atoms with Gasteiger partial charge in [0.2, 0.25) is 0 Å². The molecule has 0 spiro atoms. The molecule has 1 fully saturated rings. The molecule has 1 atom stereocenters. The molecule has 2 heterocycles. The third-order valence-electron chi connectivity index (χ3n) is 6.18. The van der Waals surface area contributed by atoms with Crippen molar-refractivity contribution in [1.82, 2.24) is 0 Å². The zero-order valence-electron chi connectivity index (χ0n) is 18.3. The van der Waals surface area contributed by atoms with Crippen molar-refractivity contribution < 1.29 is 19.1 Å². The lowest BCUT2D eigenvalue weighted by molar-refractivity contribution is -0.113. The van der Waals surface area contributed by atoms with Crippen molar-refractivity contribution in [2.45, 2.75) is 12.5 Å². The van der Waals surface area contributed by atoms with Gasteiger partial charge in [0.15, 0.2) is 15.9 Å². The number of benzene rings is 3. The maximum absolute atomic E-state index is 13.3. The van der Waals surface area contributed by atoms with Crippen molar-refractivity contribution in [3.63, 3.8) is 0 Å². The molecule has 3 aromatic rings. The van der Waals surface area contributed by atoms with Crippen LogP contribution < -0.4 is 4.90 Å². The van der Waals surface area contributed by atoms with Crippen LogP contribution in [-0.4, -0.2) is 27.9 Å². The van der Waals surface area contributed by atoms with E-state index in [9.17, 15) is 14.4 Å². The van der Waals surface area contributed by atoms with Crippen LogP contribution in [0, 0.1) is 0 Å². The molecule has 7 heteroatoms. The van der Waals surface area contributed by atoms with E-state index in [0.29, 0.717) is 49.2 Å². The second-order valence-corrected chi connectivity index (χ2v) is 9.94. The molecule has 170 valence electrons. The maximum atomic E-state index is 13.3. The van der Waals surface area contributed by atoms with Crippen molar-refractivity contribution >= 4 is 57.2 Å². The molecule has 6 rings (SSSR count).